The first-order chi connectivity index (χ1) is 20.0. The highest BCUT2D eigenvalue weighted by Gasteiger charge is 2.34. The van der Waals surface area contributed by atoms with Crippen molar-refractivity contribution in [1.82, 2.24) is 14.9 Å². The van der Waals surface area contributed by atoms with Crippen LogP contribution in [0.3, 0.4) is 0 Å². The molecule has 1 aromatic carbocycles. The molecule has 1 atom stereocenters. The summed E-state index contributed by atoms with van der Waals surface area (Å²) in [6.45, 7) is 5.57. The number of rotatable bonds is 13. The third kappa shape index (κ3) is 7.15. The van der Waals surface area contributed by atoms with Crippen LogP contribution in [0, 0.1) is 0 Å². The van der Waals surface area contributed by atoms with Crippen molar-refractivity contribution >= 4 is 28.8 Å². The molecule has 5 rings (SSSR count). The molecule has 11 nitrogen and oxygen atoms in total. The second-order valence-electron chi connectivity index (χ2n) is 9.95. The zero-order valence-electron chi connectivity index (χ0n) is 23.5. The fourth-order valence-corrected chi connectivity index (χ4v) is 5.16. The van der Waals surface area contributed by atoms with E-state index in [9.17, 15) is 9.59 Å². The second-order valence-corrected chi connectivity index (χ2v) is 9.95. The molecule has 0 bridgehead atoms. The van der Waals surface area contributed by atoms with Gasteiger partial charge in [0.2, 0.25) is 5.88 Å². The zero-order valence-corrected chi connectivity index (χ0v) is 23.5. The topological polar surface area (TPSA) is 113 Å². The van der Waals surface area contributed by atoms with E-state index in [2.05, 4.69) is 14.9 Å². The fourth-order valence-electron chi connectivity index (χ4n) is 5.16. The number of fused-ring (bicyclic) bond motifs is 2. The van der Waals surface area contributed by atoms with Gasteiger partial charge in [0.1, 0.15) is 19.3 Å². The average Bonchev–Trinajstić information content (AvgIpc) is 3.36. The SMILES string of the molecule is CCOC(=O)CCCN(CCCc1ccnc2ccc(OC)nc12)C[C@@H]1CN(c2ccc3c(c2)OCCO3)C(=O)O1. The van der Waals surface area contributed by atoms with Gasteiger partial charge in [-0.3, -0.25) is 19.6 Å². The number of amides is 1. The minimum absolute atomic E-state index is 0.201. The Labute approximate surface area is 239 Å². The summed E-state index contributed by atoms with van der Waals surface area (Å²) < 4.78 is 27.5. The van der Waals surface area contributed by atoms with Crippen LogP contribution in [-0.4, -0.2) is 86.1 Å². The van der Waals surface area contributed by atoms with Crippen molar-refractivity contribution in [3.05, 3.63) is 48.2 Å². The largest absolute Gasteiger partial charge is 0.486 e. The third-order valence-electron chi connectivity index (χ3n) is 7.11. The predicted molar refractivity (Wildman–Crippen MR) is 152 cm³/mol. The maximum absolute atomic E-state index is 12.8. The van der Waals surface area contributed by atoms with E-state index in [-0.39, 0.29) is 18.2 Å². The molecule has 0 saturated carbocycles. The molecule has 1 amide bonds. The number of carbonyl (C=O) groups excluding carboxylic acids is 2. The van der Waals surface area contributed by atoms with Crippen LogP contribution in [0.1, 0.15) is 31.7 Å². The number of nitrogens with zero attached hydrogens (tertiary/aromatic N) is 4. The Balaban J connectivity index is 1.22. The van der Waals surface area contributed by atoms with Crippen LogP contribution >= 0.6 is 0 Å². The van der Waals surface area contributed by atoms with Gasteiger partial charge in [-0.05, 0) is 69.1 Å². The maximum atomic E-state index is 12.8. The Morgan fingerprint density at radius 1 is 1.10 bits per heavy atom. The molecule has 0 unspecified atom stereocenters. The Bertz CT molecular complexity index is 1370. The lowest BCUT2D eigenvalue weighted by atomic mass is 10.1. The molecule has 41 heavy (non-hydrogen) atoms. The van der Waals surface area contributed by atoms with Gasteiger partial charge in [0.05, 0.1) is 37.0 Å². The molecule has 0 radical (unpaired) electrons. The number of carbonyl (C=O) groups is 2. The number of methoxy groups -OCH3 is 1. The van der Waals surface area contributed by atoms with Crippen LogP contribution in [0.15, 0.2) is 42.6 Å². The smallest absolute Gasteiger partial charge is 0.414 e. The van der Waals surface area contributed by atoms with Gasteiger partial charge in [-0.2, -0.15) is 0 Å². The third-order valence-corrected chi connectivity index (χ3v) is 7.11. The van der Waals surface area contributed by atoms with Crippen LogP contribution in [0.25, 0.3) is 11.0 Å². The van der Waals surface area contributed by atoms with E-state index >= 15 is 0 Å². The lowest BCUT2D eigenvalue weighted by molar-refractivity contribution is -0.143. The predicted octanol–water partition coefficient (Wildman–Crippen LogP) is 4.01. The van der Waals surface area contributed by atoms with E-state index in [0.717, 1.165) is 36.0 Å². The summed E-state index contributed by atoms with van der Waals surface area (Å²) in [6.07, 6.45) is 3.74. The highest BCUT2D eigenvalue weighted by molar-refractivity contribution is 5.90. The van der Waals surface area contributed by atoms with Gasteiger partial charge in [0, 0.05) is 31.3 Å². The van der Waals surface area contributed by atoms with Crippen molar-refractivity contribution in [2.75, 3.05) is 58.0 Å². The summed E-state index contributed by atoms with van der Waals surface area (Å²) in [5.41, 5.74) is 3.47. The minimum Gasteiger partial charge on any atom is -0.486 e. The first-order valence-electron chi connectivity index (χ1n) is 14.1. The number of ether oxygens (including phenoxy) is 5. The molecule has 11 heteroatoms. The van der Waals surface area contributed by atoms with Gasteiger partial charge in [-0.1, -0.05) is 0 Å². The van der Waals surface area contributed by atoms with Crippen molar-refractivity contribution in [2.45, 2.75) is 38.7 Å². The number of anilines is 1. The minimum atomic E-state index is -0.388. The van der Waals surface area contributed by atoms with Crippen molar-refractivity contribution < 1.29 is 33.3 Å². The summed E-state index contributed by atoms with van der Waals surface area (Å²) >= 11 is 0. The van der Waals surface area contributed by atoms with Gasteiger partial charge in [0.15, 0.2) is 11.5 Å². The van der Waals surface area contributed by atoms with Gasteiger partial charge in [-0.15, -0.1) is 0 Å². The Hall–Kier alpha value is -4.12. The quantitative estimate of drug-likeness (QED) is 0.282. The highest BCUT2D eigenvalue weighted by Crippen LogP contribution is 2.35. The highest BCUT2D eigenvalue weighted by atomic mass is 16.6. The normalized spacial score (nSPS) is 16.2. The molecule has 2 aliphatic heterocycles. The van der Waals surface area contributed by atoms with Crippen LogP contribution in [0.2, 0.25) is 0 Å². The van der Waals surface area contributed by atoms with E-state index in [1.165, 1.54) is 0 Å². The summed E-state index contributed by atoms with van der Waals surface area (Å²) in [5, 5.41) is 0. The first kappa shape index (κ1) is 28.4. The Kier molecular flexibility index (Phi) is 9.35. The summed E-state index contributed by atoms with van der Waals surface area (Å²) in [7, 11) is 1.60. The van der Waals surface area contributed by atoms with E-state index in [4.69, 9.17) is 23.7 Å². The van der Waals surface area contributed by atoms with E-state index < -0.39 is 0 Å². The summed E-state index contributed by atoms with van der Waals surface area (Å²) in [6, 6.07) is 11.2. The van der Waals surface area contributed by atoms with Crippen LogP contribution in [0.5, 0.6) is 17.4 Å². The number of cyclic esters (lactones) is 1. The standard InChI is InChI=1S/C30H36N4O7/c1-3-38-28(35)7-5-15-33(14-4-6-21-12-13-31-24-9-11-27(37-2)32-29(21)24)19-23-20-34(30(36)41-23)22-8-10-25-26(18-22)40-17-16-39-25/h8-13,18,23H,3-7,14-17,19-20H2,1-2H3/t23-/m1/s1. The van der Waals surface area contributed by atoms with E-state index in [0.29, 0.717) is 75.4 Å². The molecule has 2 aromatic heterocycles. The van der Waals surface area contributed by atoms with Crippen molar-refractivity contribution in [2.24, 2.45) is 0 Å². The molecular formula is C30H36N4O7. The zero-order chi connectivity index (χ0) is 28.6. The number of hydrogen-bond donors (Lipinski definition) is 0. The number of esters is 1. The van der Waals surface area contributed by atoms with Crippen molar-refractivity contribution in [3.8, 4) is 17.4 Å². The fraction of sp³-hybridized carbons (Fsp3) is 0.467. The average molecular weight is 565 g/mol. The lowest BCUT2D eigenvalue weighted by Gasteiger charge is -2.25. The lowest BCUT2D eigenvalue weighted by Crippen LogP contribution is -2.36. The first-order valence-corrected chi connectivity index (χ1v) is 14.1. The molecule has 1 fully saturated rings. The van der Waals surface area contributed by atoms with Gasteiger partial charge in [0.25, 0.3) is 0 Å². The van der Waals surface area contributed by atoms with E-state index in [1.807, 2.05) is 36.4 Å². The molecule has 218 valence electrons. The Morgan fingerprint density at radius 2 is 1.93 bits per heavy atom. The van der Waals surface area contributed by atoms with Crippen molar-refractivity contribution in [3.63, 3.8) is 0 Å². The molecular weight excluding hydrogens is 528 g/mol. The number of aryl methyl sites for hydroxylation is 1. The maximum Gasteiger partial charge on any atom is 0.414 e. The van der Waals surface area contributed by atoms with Gasteiger partial charge >= 0.3 is 12.1 Å². The molecule has 0 spiro atoms. The number of hydrogen-bond acceptors (Lipinski definition) is 10. The molecule has 1 saturated heterocycles. The number of benzene rings is 1. The van der Waals surface area contributed by atoms with Crippen LogP contribution in [0.4, 0.5) is 10.5 Å². The summed E-state index contributed by atoms with van der Waals surface area (Å²) in [5.74, 6) is 1.65. The molecule has 0 N–H and O–H groups in total. The monoisotopic (exact) mass is 564 g/mol. The van der Waals surface area contributed by atoms with Gasteiger partial charge < -0.3 is 23.7 Å². The van der Waals surface area contributed by atoms with Gasteiger partial charge in [-0.25, -0.2) is 9.78 Å². The summed E-state index contributed by atoms with van der Waals surface area (Å²) in [4.78, 5) is 37.7. The molecule has 3 aromatic rings. The Morgan fingerprint density at radius 3 is 2.76 bits per heavy atom. The van der Waals surface area contributed by atoms with Crippen molar-refractivity contribution in [1.29, 1.82) is 0 Å². The van der Waals surface area contributed by atoms with Crippen LogP contribution < -0.4 is 19.1 Å². The molecule has 2 aliphatic rings. The molecule has 0 aliphatic carbocycles. The van der Waals surface area contributed by atoms with Crippen LogP contribution in [-0.2, 0) is 20.7 Å². The molecule has 4 heterocycles. The number of aromatic nitrogens is 2. The second kappa shape index (κ2) is 13.5. The number of pyridine rings is 2. The van der Waals surface area contributed by atoms with E-state index in [1.54, 1.807) is 25.1 Å².